The number of esters is 1. The Labute approximate surface area is 165 Å². The molecule has 0 aliphatic heterocycles. The lowest BCUT2D eigenvalue weighted by Gasteiger charge is -2.14. The summed E-state index contributed by atoms with van der Waals surface area (Å²) in [6, 6.07) is 14.5. The molecule has 2 amide bonds. The second kappa shape index (κ2) is 8.83. The Morgan fingerprint density at radius 3 is 2.38 bits per heavy atom. The number of carbonyl (C=O) groups is 3. The number of hydrogen-bond acceptors (Lipinski definition) is 5. The lowest BCUT2D eigenvalue weighted by atomic mass is 10.2. The molecule has 0 aliphatic carbocycles. The highest BCUT2D eigenvalue weighted by Crippen LogP contribution is 2.14. The van der Waals surface area contributed by atoms with Gasteiger partial charge < -0.3 is 19.8 Å². The highest BCUT2D eigenvalue weighted by atomic mass is 19.1. The lowest BCUT2D eigenvalue weighted by Crippen LogP contribution is -2.30. The average Bonchev–Trinajstić information content (AvgIpc) is 3.23. The largest absolute Gasteiger partial charge is 0.459 e. The maximum absolute atomic E-state index is 13.2. The van der Waals surface area contributed by atoms with Gasteiger partial charge in [-0.15, -0.1) is 0 Å². The summed E-state index contributed by atoms with van der Waals surface area (Å²) >= 11 is 0. The van der Waals surface area contributed by atoms with Crippen molar-refractivity contribution in [3.63, 3.8) is 0 Å². The number of anilines is 2. The standard InChI is InChI=1S/C21H17FN2O5/c1-13(19(25)24-17-5-2-4-15(22)12-17)29-21(27)14-7-9-16(10-8-14)23-20(26)18-6-3-11-28-18/h2-13H,1H3,(H,23,26)(H,24,25)/t13-/m1/s1. The van der Waals surface area contributed by atoms with E-state index in [2.05, 4.69) is 10.6 Å². The van der Waals surface area contributed by atoms with Gasteiger partial charge in [0.05, 0.1) is 11.8 Å². The van der Waals surface area contributed by atoms with Crippen molar-refractivity contribution in [3.8, 4) is 0 Å². The molecule has 2 N–H and O–H groups in total. The molecule has 0 aliphatic rings. The van der Waals surface area contributed by atoms with E-state index in [4.69, 9.17) is 9.15 Å². The van der Waals surface area contributed by atoms with Crippen LogP contribution in [0.15, 0.2) is 71.3 Å². The first-order valence-corrected chi connectivity index (χ1v) is 8.65. The van der Waals surface area contributed by atoms with E-state index in [-0.39, 0.29) is 17.0 Å². The van der Waals surface area contributed by atoms with Gasteiger partial charge in [-0.3, -0.25) is 9.59 Å². The quantitative estimate of drug-likeness (QED) is 0.617. The topological polar surface area (TPSA) is 97.6 Å². The molecule has 0 saturated carbocycles. The Kier molecular flexibility index (Phi) is 6.03. The molecule has 0 bridgehead atoms. The Balaban J connectivity index is 1.55. The van der Waals surface area contributed by atoms with Crippen LogP contribution < -0.4 is 10.6 Å². The predicted octanol–water partition coefficient (Wildman–Crippen LogP) is 3.86. The van der Waals surface area contributed by atoms with E-state index >= 15 is 0 Å². The van der Waals surface area contributed by atoms with Crippen molar-refractivity contribution < 1.29 is 27.9 Å². The van der Waals surface area contributed by atoms with Crippen LogP contribution in [0.5, 0.6) is 0 Å². The number of rotatable bonds is 6. The van der Waals surface area contributed by atoms with Crippen LogP contribution in [0.4, 0.5) is 15.8 Å². The Bertz CT molecular complexity index is 1020. The maximum Gasteiger partial charge on any atom is 0.338 e. The van der Waals surface area contributed by atoms with Crippen molar-refractivity contribution in [1.82, 2.24) is 0 Å². The number of hydrogen-bond donors (Lipinski definition) is 2. The highest BCUT2D eigenvalue weighted by molar-refractivity contribution is 6.02. The molecule has 0 unspecified atom stereocenters. The smallest absolute Gasteiger partial charge is 0.338 e. The summed E-state index contributed by atoms with van der Waals surface area (Å²) in [6.07, 6.45) is 0.295. The molecule has 1 atom stereocenters. The van der Waals surface area contributed by atoms with Crippen molar-refractivity contribution in [2.24, 2.45) is 0 Å². The SMILES string of the molecule is C[C@@H](OC(=O)c1ccc(NC(=O)c2ccco2)cc1)C(=O)Nc1cccc(F)c1. The van der Waals surface area contributed by atoms with Gasteiger partial charge in [0.15, 0.2) is 11.9 Å². The summed E-state index contributed by atoms with van der Waals surface area (Å²) in [5.41, 5.74) is 0.917. The summed E-state index contributed by atoms with van der Waals surface area (Å²) in [4.78, 5) is 36.3. The normalized spacial score (nSPS) is 11.4. The summed E-state index contributed by atoms with van der Waals surface area (Å²) in [5.74, 6) is -2.06. The molecular formula is C21H17FN2O5. The molecule has 0 saturated heterocycles. The predicted molar refractivity (Wildman–Crippen MR) is 103 cm³/mol. The summed E-state index contributed by atoms with van der Waals surface area (Å²) < 4.78 is 23.3. The van der Waals surface area contributed by atoms with Crippen molar-refractivity contribution in [3.05, 3.63) is 84.1 Å². The van der Waals surface area contributed by atoms with Gasteiger partial charge in [0, 0.05) is 11.4 Å². The van der Waals surface area contributed by atoms with Crippen LogP contribution in [-0.2, 0) is 9.53 Å². The van der Waals surface area contributed by atoms with Gasteiger partial charge in [0.2, 0.25) is 0 Å². The second-order valence-electron chi connectivity index (χ2n) is 6.06. The fourth-order valence-corrected chi connectivity index (χ4v) is 2.38. The monoisotopic (exact) mass is 396 g/mol. The molecule has 2 aromatic carbocycles. The van der Waals surface area contributed by atoms with E-state index in [0.29, 0.717) is 5.69 Å². The minimum Gasteiger partial charge on any atom is -0.459 e. The Hall–Kier alpha value is -3.94. The van der Waals surface area contributed by atoms with Crippen LogP contribution >= 0.6 is 0 Å². The Morgan fingerprint density at radius 1 is 0.966 bits per heavy atom. The molecule has 3 rings (SSSR count). The zero-order valence-electron chi connectivity index (χ0n) is 15.3. The minimum atomic E-state index is -1.09. The second-order valence-corrected chi connectivity index (χ2v) is 6.06. The van der Waals surface area contributed by atoms with E-state index in [1.54, 1.807) is 6.07 Å². The number of ether oxygens (including phenoxy) is 1. The van der Waals surface area contributed by atoms with Crippen molar-refractivity contribution in [2.75, 3.05) is 10.6 Å². The number of amides is 2. The summed E-state index contributed by atoms with van der Waals surface area (Å²) in [7, 11) is 0. The van der Waals surface area contributed by atoms with E-state index in [9.17, 15) is 18.8 Å². The van der Waals surface area contributed by atoms with Gasteiger partial charge in [-0.25, -0.2) is 9.18 Å². The summed E-state index contributed by atoms with van der Waals surface area (Å²) in [6.45, 7) is 1.41. The molecule has 1 heterocycles. The van der Waals surface area contributed by atoms with Crippen molar-refractivity contribution >= 4 is 29.2 Å². The number of furan rings is 1. The molecule has 1 aromatic heterocycles. The number of halogens is 1. The molecular weight excluding hydrogens is 379 g/mol. The van der Waals surface area contributed by atoms with Crippen LogP contribution in [0.2, 0.25) is 0 Å². The van der Waals surface area contributed by atoms with Gasteiger partial charge in [0.1, 0.15) is 5.82 Å². The lowest BCUT2D eigenvalue weighted by molar-refractivity contribution is -0.123. The van der Waals surface area contributed by atoms with Crippen LogP contribution in [0, 0.1) is 5.82 Å². The molecule has 3 aromatic rings. The first-order valence-electron chi connectivity index (χ1n) is 8.65. The number of benzene rings is 2. The highest BCUT2D eigenvalue weighted by Gasteiger charge is 2.19. The molecule has 7 nitrogen and oxygen atoms in total. The van der Waals surface area contributed by atoms with Crippen LogP contribution in [0.3, 0.4) is 0 Å². The molecule has 29 heavy (non-hydrogen) atoms. The number of nitrogens with one attached hydrogen (secondary N) is 2. The Morgan fingerprint density at radius 2 is 1.72 bits per heavy atom. The molecule has 0 radical (unpaired) electrons. The van der Waals surface area contributed by atoms with E-state index < -0.39 is 29.7 Å². The van der Waals surface area contributed by atoms with Gasteiger partial charge in [0.25, 0.3) is 11.8 Å². The van der Waals surface area contributed by atoms with Gasteiger partial charge in [-0.1, -0.05) is 6.07 Å². The third kappa shape index (κ3) is 5.29. The van der Waals surface area contributed by atoms with Gasteiger partial charge >= 0.3 is 5.97 Å². The van der Waals surface area contributed by atoms with Gasteiger partial charge in [-0.2, -0.15) is 0 Å². The average molecular weight is 396 g/mol. The van der Waals surface area contributed by atoms with Crippen LogP contribution in [0.1, 0.15) is 27.8 Å². The molecule has 0 fully saturated rings. The summed E-state index contributed by atoms with van der Waals surface area (Å²) in [5, 5.41) is 5.09. The molecule has 148 valence electrons. The third-order valence-electron chi connectivity index (χ3n) is 3.87. The van der Waals surface area contributed by atoms with E-state index in [1.807, 2.05) is 0 Å². The van der Waals surface area contributed by atoms with Crippen LogP contribution in [-0.4, -0.2) is 23.9 Å². The first-order chi connectivity index (χ1) is 13.9. The van der Waals surface area contributed by atoms with Crippen molar-refractivity contribution in [2.45, 2.75) is 13.0 Å². The van der Waals surface area contributed by atoms with Crippen molar-refractivity contribution in [1.29, 1.82) is 0 Å². The maximum atomic E-state index is 13.2. The number of carbonyl (C=O) groups excluding carboxylic acids is 3. The zero-order chi connectivity index (χ0) is 20.8. The fraction of sp³-hybridized carbons (Fsp3) is 0.0952. The molecule has 0 spiro atoms. The molecule has 8 heteroatoms. The van der Waals surface area contributed by atoms with E-state index in [0.717, 1.165) is 6.07 Å². The third-order valence-corrected chi connectivity index (χ3v) is 3.87. The van der Waals surface area contributed by atoms with Crippen LogP contribution in [0.25, 0.3) is 0 Å². The zero-order valence-corrected chi connectivity index (χ0v) is 15.3. The van der Waals surface area contributed by atoms with E-state index in [1.165, 1.54) is 61.7 Å². The van der Waals surface area contributed by atoms with Gasteiger partial charge in [-0.05, 0) is 61.5 Å². The first kappa shape index (κ1) is 19.8. The minimum absolute atomic E-state index is 0.159. The fourth-order valence-electron chi connectivity index (χ4n) is 2.38.